The highest BCUT2D eigenvalue weighted by molar-refractivity contribution is 9.10. The smallest absolute Gasteiger partial charge is 0.122 e. The van der Waals surface area contributed by atoms with Crippen LogP contribution in [0.2, 0.25) is 0 Å². The number of aromatic nitrogens is 1. The van der Waals surface area contributed by atoms with Gasteiger partial charge in [0.05, 0.1) is 6.61 Å². The average molecular weight is 347 g/mol. The Morgan fingerprint density at radius 3 is 3.05 bits per heavy atom. The molecule has 0 fully saturated rings. The number of benzene rings is 1. The zero-order valence-corrected chi connectivity index (χ0v) is 13.6. The van der Waals surface area contributed by atoms with Gasteiger partial charge in [-0.2, -0.15) is 0 Å². The van der Waals surface area contributed by atoms with Crippen molar-refractivity contribution in [1.82, 2.24) is 10.3 Å². The van der Waals surface area contributed by atoms with Gasteiger partial charge in [-0.3, -0.25) is 4.98 Å². The number of hydrogen-bond acceptors (Lipinski definition) is 3. The van der Waals surface area contributed by atoms with Crippen molar-refractivity contribution in [2.75, 3.05) is 13.7 Å². The van der Waals surface area contributed by atoms with Gasteiger partial charge in [-0.15, -0.1) is 0 Å². The first kappa shape index (κ1) is 14.5. The molecule has 110 valence electrons. The number of para-hydroxylation sites is 1. The number of halogens is 1. The number of hydrogen-bond donors (Lipinski definition) is 1. The molecule has 0 aliphatic carbocycles. The van der Waals surface area contributed by atoms with Crippen LogP contribution in [0.3, 0.4) is 0 Å². The second kappa shape index (κ2) is 6.58. The molecule has 4 heteroatoms. The highest BCUT2D eigenvalue weighted by atomic mass is 79.9. The van der Waals surface area contributed by atoms with Crippen LogP contribution in [0, 0.1) is 0 Å². The van der Waals surface area contributed by atoms with Crippen LogP contribution in [-0.2, 0) is 6.42 Å². The summed E-state index contributed by atoms with van der Waals surface area (Å²) >= 11 is 3.49. The molecule has 1 aliphatic rings. The van der Waals surface area contributed by atoms with Gasteiger partial charge in [0.25, 0.3) is 0 Å². The zero-order valence-electron chi connectivity index (χ0n) is 12.1. The van der Waals surface area contributed by atoms with Gasteiger partial charge in [-0.25, -0.2) is 0 Å². The summed E-state index contributed by atoms with van der Waals surface area (Å²) in [6.45, 7) is 0.788. The van der Waals surface area contributed by atoms with Crippen molar-refractivity contribution in [1.29, 1.82) is 0 Å². The fourth-order valence-corrected chi connectivity index (χ4v) is 3.47. The van der Waals surface area contributed by atoms with Crippen LogP contribution in [0.1, 0.15) is 23.5 Å². The number of nitrogens with zero attached hydrogens (tertiary/aromatic N) is 1. The number of fused-ring (bicyclic) bond motifs is 1. The molecule has 1 aliphatic heterocycles. The summed E-state index contributed by atoms with van der Waals surface area (Å²) in [6, 6.07) is 10.9. The monoisotopic (exact) mass is 346 g/mol. The summed E-state index contributed by atoms with van der Waals surface area (Å²) in [4.78, 5) is 4.26. The number of nitrogens with one attached hydrogen (secondary N) is 1. The third kappa shape index (κ3) is 3.27. The normalized spacial score (nSPS) is 18.7. The molecule has 0 bridgehead atoms. The van der Waals surface area contributed by atoms with E-state index in [9.17, 15) is 0 Å². The third-order valence-corrected chi connectivity index (χ3v) is 4.51. The molecule has 2 heterocycles. The number of ether oxygens (including phenoxy) is 1. The second-order valence-corrected chi connectivity index (χ2v) is 6.31. The number of likely N-dealkylation sites (N-methyl/N-ethyl adjacent to an activating group) is 1. The SMILES string of the molecule is CNC(Cc1cncc(Br)c1)C1CCOc2ccccc21. The Bertz CT molecular complexity index is 617. The molecule has 1 aromatic heterocycles. The second-order valence-electron chi connectivity index (χ2n) is 5.39. The van der Waals surface area contributed by atoms with Gasteiger partial charge < -0.3 is 10.1 Å². The largest absolute Gasteiger partial charge is 0.493 e. The maximum atomic E-state index is 5.77. The van der Waals surface area contributed by atoms with Gasteiger partial charge in [0.15, 0.2) is 0 Å². The van der Waals surface area contributed by atoms with Gasteiger partial charge >= 0.3 is 0 Å². The van der Waals surface area contributed by atoms with E-state index in [2.05, 4.69) is 50.5 Å². The van der Waals surface area contributed by atoms with Crippen LogP contribution in [0.25, 0.3) is 0 Å². The van der Waals surface area contributed by atoms with E-state index in [-0.39, 0.29) is 0 Å². The van der Waals surface area contributed by atoms with E-state index in [0.717, 1.165) is 29.7 Å². The Morgan fingerprint density at radius 1 is 1.38 bits per heavy atom. The van der Waals surface area contributed by atoms with Crippen LogP contribution >= 0.6 is 15.9 Å². The summed E-state index contributed by atoms with van der Waals surface area (Å²) < 4.78 is 6.80. The molecule has 3 nitrogen and oxygen atoms in total. The first-order valence-electron chi connectivity index (χ1n) is 7.26. The van der Waals surface area contributed by atoms with Gasteiger partial charge in [0.2, 0.25) is 0 Å². The molecule has 0 saturated carbocycles. The summed E-state index contributed by atoms with van der Waals surface area (Å²) in [6.07, 6.45) is 5.77. The van der Waals surface area contributed by atoms with Crippen molar-refractivity contribution in [3.8, 4) is 5.75 Å². The molecule has 0 radical (unpaired) electrons. The molecule has 2 atom stereocenters. The van der Waals surface area contributed by atoms with E-state index < -0.39 is 0 Å². The summed E-state index contributed by atoms with van der Waals surface area (Å²) in [5, 5.41) is 3.48. The Morgan fingerprint density at radius 2 is 2.24 bits per heavy atom. The lowest BCUT2D eigenvalue weighted by atomic mass is 9.84. The molecule has 1 aromatic carbocycles. The van der Waals surface area contributed by atoms with Crippen molar-refractivity contribution in [2.24, 2.45) is 0 Å². The molecule has 3 rings (SSSR count). The van der Waals surface area contributed by atoms with E-state index in [4.69, 9.17) is 4.74 Å². The lowest BCUT2D eigenvalue weighted by molar-refractivity contribution is 0.247. The van der Waals surface area contributed by atoms with Crippen molar-refractivity contribution in [3.05, 3.63) is 58.3 Å². The Kier molecular flexibility index (Phi) is 4.56. The zero-order chi connectivity index (χ0) is 14.7. The van der Waals surface area contributed by atoms with Crippen LogP contribution < -0.4 is 10.1 Å². The van der Waals surface area contributed by atoms with Crippen molar-refractivity contribution in [2.45, 2.75) is 24.8 Å². The molecule has 2 unspecified atom stereocenters. The minimum Gasteiger partial charge on any atom is -0.493 e. The molecule has 0 amide bonds. The summed E-state index contributed by atoms with van der Waals surface area (Å²) in [5.41, 5.74) is 2.55. The first-order chi connectivity index (χ1) is 10.3. The lowest BCUT2D eigenvalue weighted by Crippen LogP contribution is -2.36. The highest BCUT2D eigenvalue weighted by Gasteiger charge is 2.28. The predicted molar refractivity (Wildman–Crippen MR) is 87.8 cm³/mol. The van der Waals surface area contributed by atoms with Gasteiger partial charge in [-0.05, 0) is 59.1 Å². The van der Waals surface area contributed by atoms with E-state index in [1.54, 1.807) is 0 Å². The standard InChI is InChI=1S/C17H19BrN2O/c1-19-16(9-12-8-13(18)11-20-10-12)14-6-7-21-17-5-3-2-4-15(14)17/h2-5,8,10-11,14,16,19H,6-7,9H2,1H3. The van der Waals surface area contributed by atoms with Crippen LogP contribution in [0.4, 0.5) is 0 Å². The Labute approximate surface area is 133 Å². The predicted octanol–water partition coefficient (Wildman–Crippen LogP) is 3.54. The fourth-order valence-electron chi connectivity index (χ4n) is 3.05. The van der Waals surface area contributed by atoms with Gasteiger partial charge in [-0.1, -0.05) is 18.2 Å². The molecule has 0 spiro atoms. The van der Waals surface area contributed by atoms with Crippen LogP contribution in [-0.4, -0.2) is 24.7 Å². The van der Waals surface area contributed by atoms with Crippen LogP contribution in [0.5, 0.6) is 5.75 Å². The maximum absolute atomic E-state index is 5.77. The van der Waals surface area contributed by atoms with Crippen molar-refractivity contribution in [3.63, 3.8) is 0 Å². The van der Waals surface area contributed by atoms with Crippen molar-refractivity contribution < 1.29 is 4.74 Å². The maximum Gasteiger partial charge on any atom is 0.122 e. The number of rotatable bonds is 4. The quantitative estimate of drug-likeness (QED) is 0.919. The Hall–Kier alpha value is -1.39. The summed E-state index contributed by atoms with van der Waals surface area (Å²) in [5.74, 6) is 1.50. The van der Waals surface area contributed by atoms with Crippen molar-refractivity contribution >= 4 is 15.9 Å². The first-order valence-corrected chi connectivity index (χ1v) is 8.05. The fraction of sp³-hybridized carbons (Fsp3) is 0.353. The topological polar surface area (TPSA) is 34.2 Å². The molecule has 2 aromatic rings. The molecule has 1 N–H and O–H groups in total. The van der Waals surface area contributed by atoms with E-state index >= 15 is 0 Å². The van der Waals surface area contributed by atoms with E-state index in [1.807, 2.05) is 25.5 Å². The Balaban J connectivity index is 1.84. The molecule has 21 heavy (non-hydrogen) atoms. The van der Waals surface area contributed by atoms with Crippen LogP contribution in [0.15, 0.2) is 47.2 Å². The minimum absolute atomic E-state index is 0.381. The third-order valence-electron chi connectivity index (χ3n) is 4.08. The van der Waals surface area contributed by atoms with E-state index in [0.29, 0.717) is 12.0 Å². The summed E-state index contributed by atoms with van der Waals surface area (Å²) in [7, 11) is 2.04. The van der Waals surface area contributed by atoms with Gasteiger partial charge in [0.1, 0.15) is 5.75 Å². The lowest BCUT2D eigenvalue weighted by Gasteiger charge is -2.32. The minimum atomic E-state index is 0.381. The van der Waals surface area contributed by atoms with E-state index in [1.165, 1.54) is 11.1 Å². The number of pyridine rings is 1. The molecular weight excluding hydrogens is 328 g/mol. The highest BCUT2D eigenvalue weighted by Crippen LogP contribution is 2.36. The average Bonchev–Trinajstić information content (AvgIpc) is 2.52. The molecule has 0 saturated heterocycles. The molecular formula is C17H19BrN2O. The van der Waals surface area contributed by atoms with Gasteiger partial charge in [0, 0.05) is 28.8 Å².